The van der Waals surface area contributed by atoms with Crippen molar-refractivity contribution in [3.8, 4) is 0 Å². The number of carbonyl (C=O) groups is 1. The molecule has 1 atom stereocenters. The molecule has 0 saturated heterocycles. The summed E-state index contributed by atoms with van der Waals surface area (Å²) in [5.74, 6) is -0.353. The quantitative estimate of drug-likeness (QED) is 0.442. The fourth-order valence-electron chi connectivity index (χ4n) is 1.49. The van der Waals surface area contributed by atoms with Gasteiger partial charge in [-0.2, -0.15) is 0 Å². The van der Waals surface area contributed by atoms with E-state index < -0.39 is 4.87 Å². The predicted molar refractivity (Wildman–Crippen MR) is 69.2 cm³/mol. The number of hydrogen-bond acceptors (Lipinski definition) is 3. The second-order valence-corrected chi connectivity index (χ2v) is 4.58. The van der Waals surface area contributed by atoms with Crippen molar-refractivity contribution in [3.05, 3.63) is 12.2 Å². The van der Waals surface area contributed by atoms with Crippen molar-refractivity contribution in [2.75, 3.05) is 0 Å². The molecule has 3 N–H and O–H groups in total. The Labute approximate surface area is 104 Å². The van der Waals surface area contributed by atoms with E-state index in [4.69, 9.17) is 16.3 Å². The maximum absolute atomic E-state index is 11.4. The van der Waals surface area contributed by atoms with Crippen molar-refractivity contribution in [2.45, 2.75) is 57.9 Å². The molecule has 0 radical (unpaired) electrons. The highest BCUT2D eigenvalue weighted by atomic mass is 35.5. The summed E-state index contributed by atoms with van der Waals surface area (Å²) in [4.78, 5) is 11.0. The molecule has 96 valence electrons. The molecule has 16 heavy (non-hydrogen) atoms. The van der Waals surface area contributed by atoms with E-state index in [-0.39, 0.29) is 18.2 Å². The number of hydrogen-bond donors (Lipinski definition) is 1. The van der Waals surface area contributed by atoms with E-state index in [1.165, 1.54) is 0 Å². The van der Waals surface area contributed by atoms with Crippen molar-refractivity contribution in [2.24, 2.45) is 0 Å². The fourth-order valence-corrected chi connectivity index (χ4v) is 1.69. The van der Waals surface area contributed by atoms with Crippen LogP contribution in [0.4, 0.5) is 0 Å². The van der Waals surface area contributed by atoms with Gasteiger partial charge in [0.2, 0.25) is 0 Å². The molecule has 0 heterocycles. The molecular formula is C12H24ClNO2. The molecule has 0 fully saturated rings. The molecule has 0 aromatic carbocycles. The van der Waals surface area contributed by atoms with E-state index in [1.807, 2.05) is 20.8 Å². The predicted octanol–water partition coefficient (Wildman–Crippen LogP) is 3.84. The van der Waals surface area contributed by atoms with Crippen LogP contribution in [0.3, 0.4) is 0 Å². The second kappa shape index (κ2) is 7.69. The summed E-state index contributed by atoms with van der Waals surface area (Å²) < 4.78 is 5.34. The smallest absolute Gasteiger partial charge is 0.333 e. The van der Waals surface area contributed by atoms with Gasteiger partial charge in [0.25, 0.3) is 0 Å². The van der Waals surface area contributed by atoms with E-state index >= 15 is 0 Å². The van der Waals surface area contributed by atoms with Gasteiger partial charge in [-0.3, -0.25) is 0 Å². The maximum atomic E-state index is 11.4. The van der Waals surface area contributed by atoms with Crippen LogP contribution in [0.2, 0.25) is 0 Å². The standard InChI is InChI=1S/C12H21ClO2.H3N/c1-6-10(12(13,7-2)8-3)15-11(14)9(4)5;/h10H,4,6-8H2,1-3,5H3;1H3. The van der Waals surface area contributed by atoms with Gasteiger partial charge in [-0.25, -0.2) is 4.79 Å². The molecule has 3 nitrogen and oxygen atoms in total. The monoisotopic (exact) mass is 249 g/mol. The maximum Gasteiger partial charge on any atom is 0.333 e. The van der Waals surface area contributed by atoms with Crippen LogP contribution < -0.4 is 6.15 Å². The molecule has 0 saturated carbocycles. The Balaban J connectivity index is 0. The lowest BCUT2D eigenvalue weighted by Crippen LogP contribution is -2.39. The molecule has 0 aromatic rings. The van der Waals surface area contributed by atoms with Crippen LogP contribution in [0.15, 0.2) is 12.2 Å². The Morgan fingerprint density at radius 1 is 1.38 bits per heavy atom. The topological polar surface area (TPSA) is 61.3 Å². The van der Waals surface area contributed by atoms with E-state index in [0.29, 0.717) is 5.57 Å². The number of esters is 1. The third-order valence-corrected chi connectivity index (χ3v) is 3.50. The first-order chi connectivity index (χ1) is 6.91. The SMILES string of the molecule is C=C(C)C(=O)OC(CC)C(Cl)(CC)CC.N. The van der Waals surface area contributed by atoms with Crippen molar-refractivity contribution >= 4 is 17.6 Å². The summed E-state index contributed by atoms with van der Waals surface area (Å²) in [6.45, 7) is 11.2. The normalized spacial score (nSPS) is 12.6. The minimum atomic E-state index is -0.445. The van der Waals surface area contributed by atoms with Crippen molar-refractivity contribution in [1.82, 2.24) is 6.15 Å². The molecule has 4 heteroatoms. The van der Waals surface area contributed by atoms with Crippen LogP contribution >= 0.6 is 11.6 Å². The highest BCUT2D eigenvalue weighted by Crippen LogP contribution is 2.32. The molecule has 0 aromatic heterocycles. The van der Waals surface area contributed by atoms with Crippen LogP contribution in [-0.2, 0) is 9.53 Å². The number of ether oxygens (including phenoxy) is 1. The van der Waals surface area contributed by atoms with Crippen LogP contribution in [0.1, 0.15) is 47.0 Å². The number of alkyl halides is 1. The third-order valence-electron chi connectivity index (χ3n) is 2.72. The largest absolute Gasteiger partial charge is 0.457 e. The fraction of sp³-hybridized carbons (Fsp3) is 0.750. The average Bonchev–Trinajstić information content (AvgIpc) is 2.24. The van der Waals surface area contributed by atoms with Gasteiger partial charge in [-0.05, 0) is 26.2 Å². The van der Waals surface area contributed by atoms with Gasteiger partial charge in [0.05, 0.1) is 4.87 Å². The first-order valence-electron chi connectivity index (χ1n) is 5.46. The number of halogens is 1. The van der Waals surface area contributed by atoms with Crippen LogP contribution in [0.25, 0.3) is 0 Å². The Hall–Kier alpha value is -0.540. The lowest BCUT2D eigenvalue weighted by molar-refractivity contribution is -0.146. The Kier molecular flexibility index (Phi) is 8.57. The first-order valence-corrected chi connectivity index (χ1v) is 5.84. The molecular weight excluding hydrogens is 226 g/mol. The molecule has 1 unspecified atom stereocenters. The second-order valence-electron chi connectivity index (χ2n) is 3.82. The molecule has 0 amide bonds. The molecule has 0 rings (SSSR count). The van der Waals surface area contributed by atoms with Gasteiger partial charge < -0.3 is 10.9 Å². The Morgan fingerprint density at radius 3 is 2.06 bits per heavy atom. The Morgan fingerprint density at radius 2 is 1.81 bits per heavy atom. The van der Waals surface area contributed by atoms with Gasteiger partial charge in [-0.1, -0.05) is 27.4 Å². The minimum absolute atomic E-state index is 0. The highest BCUT2D eigenvalue weighted by molar-refractivity contribution is 6.24. The van der Waals surface area contributed by atoms with Gasteiger partial charge in [0, 0.05) is 5.57 Å². The summed E-state index contributed by atoms with van der Waals surface area (Å²) in [5.41, 5.74) is 0.416. The molecule has 0 spiro atoms. The first kappa shape index (κ1) is 17.8. The molecule has 0 aliphatic rings. The summed E-state index contributed by atoms with van der Waals surface area (Å²) in [6, 6.07) is 0. The average molecular weight is 250 g/mol. The summed E-state index contributed by atoms with van der Waals surface area (Å²) in [7, 11) is 0. The highest BCUT2D eigenvalue weighted by Gasteiger charge is 2.35. The summed E-state index contributed by atoms with van der Waals surface area (Å²) >= 11 is 6.42. The molecule has 0 aliphatic heterocycles. The lowest BCUT2D eigenvalue weighted by atomic mass is 9.93. The molecule has 0 aliphatic carbocycles. The minimum Gasteiger partial charge on any atom is -0.457 e. The zero-order valence-electron chi connectivity index (χ0n) is 10.8. The van der Waals surface area contributed by atoms with Crippen LogP contribution in [-0.4, -0.2) is 16.9 Å². The van der Waals surface area contributed by atoms with Gasteiger partial charge in [-0.15, -0.1) is 11.6 Å². The van der Waals surface area contributed by atoms with Gasteiger partial charge in [0.15, 0.2) is 0 Å². The summed E-state index contributed by atoms with van der Waals surface area (Å²) in [5, 5.41) is 0. The van der Waals surface area contributed by atoms with Gasteiger partial charge in [0.1, 0.15) is 6.10 Å². The third kappa shape index (κ3) is 4.54. The van der Waals surface area contributed by atoms with Gasteiger partial charge >= 0.3 is 5.97 Å². The lowest BCUT2D eigenvalue weighted by Gasteiger charge is -2.32. The van der Waals surface area contributed by atoms with E-state index in [1.54, 1.807) is 6.92 Å². The van der Waals surface area contributed by atoms with E-state index in [2.05, 4.69) is 6.58 Å². The van der Waals surface area contributed by atoms with E-state index in [9.17, 15) is 4.79 Å². The van der Waals surface area contributed by atoms with E-state index in [0.717, 1.165) is 19.3 Å². The zero-order valence-corrected chi connectivity index (χ0v) is 11.6. The van der Waals surface area contributed by atoms with Crippen molar-refractivity contribution in [1.29, 1.82) is 0 Å². The zero-order chi connectivity index (χ0) is 12.1. The Bertz CT molecular complexity index is 237. The van der Waals surface area contributed by atoms with Crippen molar-refractivity contribution in [3.63, 3.8) is 0 Å². The van der Waals surface area contributed by atoms with Crippen LogP contribution in [0, 0.1) is 0 Å². The number of rotatable bonds is 6. The van der Waals surface area contributed by atoms with Crippen LogP contribution in [0.5, 0.6) is 0 Å². The molecule has 0 bridgehead atoms. The summed E-state index contributed by atoms with van der Waals surface area (Å²) in [6.07, 6.45) is 2.06. The van der Waals surface area contributed by atoms with Crippen molar-refractivity contribution < 1.29 is 9.53 Å². The number of carbonyl (C=O) groups excluding carboxylic acids is 1.